The maximum atomic E-state index is 10.4. The summed E-state index contributed by atoms with van der Waals surface area (Å²) in [6, 6.07) is 41.2. The van der Waals surface area contributed by atoms with Crippen molar-refractivity contribution >= 4 is 32.8 Å². The summed E-state index contributed by atoms with van der Waals surface area (Å²) in [4.78, 5) is 4.83. The Morgan fingerprint density at radius 2 is 1.29 bits per heavy atom. The van der Waals surface area contributed by atoms with E-state index in [2.05, 4.69) is 39.2 Å². The van der Waals surface area contributed by atoms with E-state index in [1.165, 1.54) is 12.1 Å². The Morgan fingerprint density at radius 3 is 2.07 bits per heavy atom. The van der Waals surface area contributed by atoms with Crippen LogP contribution in [0.2, 0.25) is 0 Å². The third kappa shape index (κ3) is 8.78. The number of imidazole rings is 1. The van der Waals surface area contributed by atoms with E-state index in [9.17, 15) is 12.3 Å². The Bertz CT molecular complexity index is 5640. The van der Waals surface area contributed by atoms with Crippen molar-refractivity contribution in [2.75, 3.05) is 0 Å². The van der Waals surface area contributed by atoms with Gasteiger partial charge in [0.15, 0.2) is 0 Å². The quantitative estimate of drug-likeness (QED) is 0.123. The average Bonchev–Trinajstić information content (AvgIpc) is 0.777. The molecular formula is C76H66N4OPt-2. The number of nitrogens with zero attached hydrogens (tertiary/aromatic N) is 4. The molecule has 0 spiro atoms. The van der Waals surface area contributed by atoms with Crippen LogP contribution in [-0.4, -0.2) is 14.1 Å². The SMILES string of the molecule is [2H]c1c([2H])c([2H])c(-c2cccc3c2-c2cccc(C(C)(C)C)c2-[n+]2[c-]n(-c4[c-]c(Oc5[c-]c6c(cc5)c5ccccc5n6-c5cc(C(C)(C)C)ccn5)ccc4)c4cc(-c5c([2H])c([2H])c6c(c5[2H])C(C([2H])([2H])[2H])(C([2H])([2H])[2H])C([2H])([2H])C([2H])([2H])C6(C([2H])([2H])[2H])C([2H])([2H])[2H])cc(c42)-c2ccccc2-3)c([2H])c1[2H].[Pt]. The summed E-state index contributed by atoms with van der Waals surface area (Å²) in [6.45, 7) is -4.94. The Labute approximate surface area is 530 Å². The molecule has 6 heteroatoms. The number of para-hydroxylation sites is 2. The molecule has 0 saturated carbocycles. The van der Waals surface area contributed by atoms with Gasteiger partial charge < -0.3 is 13.9 Å². The molecule has 14 rings (SSSR count). The fourth-order valence-corrected chi connectivity index (χ4v) is 11.5. The topological polar surface area (TPSA) is 35.9 Å². The molecule has 0 saturated heterocycles. The first-order valence-electron chi connectivity index (χ1n) is 38.6. The van der Waals surface area contributed by atoms with Crippen LogP contribution in [-0.2, 0) is 42.7 Å². The second-order valence-corrected chi connectivity index (χ2v) is 22.7. The molecule has 0 fully saturated rings. The summed E-state index contributed by atoms with van der Waals surface area (Å²) in [5.74, 6) is 1.04. The number of rotatable bonds is 6. The molecule has 0 N–H and O–H groups in total. The van der Waals surface area contributed by atoms with Crippen LogP contribution in [0.1, 0.15) is 137 Å². The third-order valence-electron chi connectivity index (χ3n) is 15.3. The number of benzene rings is 9. The fourth-order valence-electron chi connectivity index (χ4n) is 11.5. The van der Waals surface area contributed by atoms with Crippen molar-refractivity contribution in [1.29, 1.82) is 0 Å². The van der Waals surface area contributed by atoms with Crippen molar-refractivity contribution in [1.82, 2.24) is 14.1 Å². The van der Waals surface area contributed by atoms with Gasteiger partial charge in [0.25, 0.3) is 6.33 Å². The van der Waals surface area contributed by atoms with Crippen LogP contribution in [0.4, 0.5) is 0 Å². The first-order valence-corrected chi connectivity index (χ1v) is 26.6. The van der Waals surface area contributed by atoms with Gasteiger partial charge in [-0.05, 0) is 148 Å². The van der Waals surface area contributed by atoms with E-state index < -0.39 is 121 Å². The molecule has 3 aromatic heterocycles. The van der Waals surface area contributed by atoms with Gasteiger partial charge in [0.05, 0.1) is 27.7 Å². The summed E-state index contributed by atoms with van der Waals surface area (Å²) in [6.07, 6.45) is -3.77. The predicted molar refractivity (Wildman–Crippen MR) is 333 cm³/mol. The summed E-state index contributed by atoms with van der Waals surface area (Å²) < 4.78 is 235. The fraction of sp³-hybridized carbons (Fsp3) is 0.211. The van der Waals surface area contributed by atoms with E-state index in [1.807, 2.05) is 86.0 Å². The Balaban J connectivity index is 0.00000995. The second-order valence-electron chi connectivity index (χ2n) is 22.7. The summed E-state index contributed by atoms with van der Waals surface area (Å²) in [5.41, 5.74) is -7.37. The van der Waals surface area contributed by atoms with Gasteiger partial charge in [0, 0.05) is 66.2 Å². The molecule has 4 heterocycles. The minimum atomic E-state index is -4.59. The summed E-state index contributed by atoms with van der Waals surface area (Å²) in [5, 5.41) is 1.79. The number of hydrogen-bond acceptors (Lipinski definition) is 2. The minimum Gasteiger partial charge on any atom is -0.510 e. The van der Waals surface area contributed by atoms with Crippen LogP contribution in [0.3, 0.4) is 0 Å². The molecular weight excluding hydrogens is 1180 g/mol. The molecule has 12 aromatic rings. The first kappa shape index (κ1) is 32.5. The van der Waals surface area contributed by atoms with Crippen molar-refractivity contribution in [2.24, 2.45) is 0 Å². The maximum absolute atomic E-state index is 10.4. The molecule has 408 valence electrons. The largest absolute Gasteiger partial charge is 0.510 e. The van der Waals surface area contributed by atoms with Crippen molar-refractivity contribution in [3.05, 3.63) is 235 Å². The van der Waals surface area contributed by atoms with E-state index in [0.717, 1.165) is 21.9 Å². The Hall–Kier alpha value is -8.11. The van der Waals surface area contributed by atoms with Gasteiger partial charge in [-0.1, -0.05) is 208 Å². The number of pyridine rings is 1. The number of hydrogen-bond donors (Lipinski definition) is 0. The van der Waals surface area contributed by atoms with E-state index in [1.54, 1.807) is 82.1 Å². The Kier molecular flexibility index (Phi) is 7.74. The van der Waals surface area contributed by atoms with E-state index in [-0.39, 0.29) is 71.4 Å². The van der Waals surface area contributed by atoms with Crippen molar-refractivity contribution in [3.63, 3.8) is 0 Å². The van der Waals surface area contributed by atoms with Crippen LogP contribution in [0.15, 0.2) is 194 Å². The van der Waals surface area contributed by atoms with Gasteiger partial charge in [-0.25, -0.2) is 4.98 Å². The van der Waals surface area contributed by atoms with E-state index in [4.69, 9.17) is 30.3 Å². The van der Waals surface area contributed by atoms with E-state index in [0.29, 0.717) is 55.9 Å². The zero-order valence-electron chi connectivity index (χ0n) is 69.4. The molecule has 82 heavy (non-hydrogen) atoms. The molecule has 0 unspecified atom stereocenters. The van der Waals surface area contributed by atoms with Crippen LogP contribution >= 0.6 is 0 Å². The maximum Gasteiger partial charge on any atom is 0.268 e. The molecule has 1 aliphatic heterocycles. The standard InChI is InChI=1S/C76H66N4O.Pt/c1-73(2,3)51-37-40-77-69(44-51)80-66-32-17-16-27-58(66)59-35-34-54(46-67(59)80)81-53-24-18-23-52(45-53)78-47-79-71-61(30-20-31-64(71)74(4,5)6)70-55(48-21-12-11-13-22-48)28-19-29-60(70)56-25-14-15-26-57(56)62-41-50(43-68(78)72(62)79)49-33-36-63-65(42-49)76(9,10)39-38-75(63,7)8;/h11-37,40-44H,38-39H2,1-10H3;/q-2;/i7D3,8D3,9D3,10D3,11D,12D,13D,21D,22D,33D,36D,38D2,39D2,42D;. The van der Waals surface area contributed by atoms with Gasteiger partial charge in [-0.3, -0.25) is 4.57 Å². The van der Waals surface area contributed by atoms with Gasteiger partial charge in [0.2, 0.25) is 0 Å². The monoisotopic (exact) mass is 1270 g/mol. The molecule has 0 radical (unpaired) electrons. The van der Waals surface area contributed by atoms with Gasteiger partial charge in [-0.15, -0.1) is 29.7 Å². The smallest absolute Gasteiger partial charge is 0.268 e. The van der Waals surface area contributed by atoms with Crippen molar-refractivity contribution in [2.45, 2.75) is 103 Å². The number of fused-ring (bicyclic) bond motifs is 11. The van der Waals surface area contributed by atoms with Gasteiger partial charge >= 0.3 is 0 Å². The second kappa shape index (κ2) is 19.5. The normalized spacial score (nSPS) is 20.3. The Morgan fingerprint density at radius 1 is 0.598 bits per heavy atom. The third-order valence-corrected chi connectivity index (χ3v) is 15.3. The minimum absolute atomic E-state index is 0. The summed E-state index contributed by atoms with van der Waals surface area (Å²) in [7, 11) is 0. The molecule has 9 aromatic carbocycles. The molecule has 0 atom stereocenters. The van der Waals surface area contributed by atoms with E-state index >= 15 is 0 Å². The zero-order chi connectivity index (χ0) is 76.3. The average molecular weight is 1270 g/mol. The van der Waals surface area contributed by atoms with Crippen LogP contribution < -0.4 is 9.30 Å². The first-order chi connectivity index (χ1) is 48.8. The molecule has 2 aliphatic rings. The van der Waals surface area contributed by atoms with Crippen LogP contribution in [0.5, 0.6) is 11.5 Å². The number of aromatic nitrogens is 4. The number of ether oxygens (including phenoxy) is 1. The van der Waals surface area contributed by atoms with Crippen molar-refractivity contribution < 1.29 is 63.3 Å². The van der Waals surface area contributed by atoms with Crippen molar-refractivity contribution in [3.8, 4) is 84.3 Å². The van der Waals surface area contributed by atoms with Gasteiger partial charge in [-0.2, -0.15) is 18.2 Å². The summed E-state index contributed by atoms with van der Waals surface area (Å²) >= 11 is 0. The molecule has 1 aliphatic carbocycles. The zero-order valence-corrected chi connectivity index (χ0v) is 47.6. The molecule has 0 bridgehead atoms. The molecule has 0 amide bonds. The molecule has 5 nitrogen and oxygen atoms in total. The van der Waals surface area contributed by atoms with Crippen LogP contribution in [0, 0.1) is 18.5 Å². The van der Waals surface area contributed by atoms with Gasteiger partial charge in [0.1, 0.15) is 5.82 Å². The predicted octanol–water partition coefficient (Wildman–Crippen LogP) is 19.2. The van der Waals surface area contributed by atoms with Crippen LogP contribution in [0.25, 0.3) is 106 Å².